The van der Waals surface area contributed by atoms with Gasteiger partial charge < -0.3 is 5.73 Å². The predicted molar refractivity (Wildman–Crippen MR) is 131 cm³/mol. The molecule has 0 radical (unpaired) electrons. The van der Waals surface area contributed by atoms with Gasteiger partial charge in [-0.1, -0.05) is 48.6 Å². The zero-order valence-corrected chi connectivity index (χ0v) is 22.1. The van der Waals surface area contributed by atoms with Crippen molar-refractivity contribution < 1.29 is 57.9 Å². The Hall–Kier alpha value is -3.02. The third kappa shape index (κ3) is 5.85. The molecule has 0 aromatic heterocycles. The van der Waals surface area contributed by atoms with Gasteiger partial charge in [0.25, 0.3) is 0 Å². The molecule has 0 spiro atoms. The van der Waals surface area contributed by atoms with Crippen LogP contribution in [0.3, 0.4) is 0 Å². The molecule has 0 saturated heterocycles. The highest BCUT2D eigenvalue weighted by molar-refractivity contribution is 14.1. The molecule has 0 heterocycles. The molecule has 3 rings (SSSR count). The van der Waals surface area contributed by atoms with Crippen LogP contribution >= 0.6 is 22.6 Å². The van der Waals surface area contributed by atoms with Gasteiger partial charge in [0.2, 0.25) is 5.91 Å². The smallest absolute Gasteiger partial charge is 0.366 e. The molecule has 4 nitrogen and oxygen atoms in total. The van der Waals surface area contributed by atoms with Gasteiger partial charge in [0.15, 0.2) is 12.0 Å². The van der Waals surface area contributed by atoms with E-state index in [1.165, 1.54) is 30.3 Å². The number of nitrogens with one attached hydrogen (secondary N) is 1. The fourth-order valence-corrected chi connectivity index (χ4v) is 5.33. The van der Waals surface area contributed by atoms with E-state index < -0.39 is 86.0 Å². The number of allylic oxidation sites excluding steroid dienone is 2. The maximum atomic E-state index is 16.0. The normalized spacial score (nSPS) is 20.1. The molecule has 2 aromatic carbocycles. The summed E-state index contributed by atoms with van der Waals surface area (Å²) >= 11 is 0.901. The molecule has 0 bridgehead atoms. The highest BCUT2D eigenvalue weighted by Crippen LogP contribution is 2.55. The number of amides is 1. The maximum absolute atomic E-state index is 16.0. The van der Waals surface area contributed by atoms with E-state index in [1.54, 1.807) is 0 Å². The SMILES string of the molecule is NC(=O)C1=CC=CC(NCC(=O)c2ccccc2)(c2c(I)cc(C(F)(C(F)(F)F)C(F)(F)F)cc2C(F)(F)F)C1F. The molecule has 222 valence electrons. The number of benzene rings is 2. The van der Waals surface area contributed by atoms with Crippen LogP contribution < -0.4 is 11.1 Å². The number of alkyl halides is 11. The van der Waals surface area contributed by atoms with E-state index in [-0.39, 0.29) is 11.6 Å². The van der Waals surface area contributed by atoms with Gasteiger partial charge in [-0.2, -0.15) is 39.5 Å². The summed E-state index contributed by atoms with van der Waals surface area (Å²) in [6, 6.07) is 6.14. The summed E-state index contributed by atoms with van der Waals surface area (Å²) in [6.07, 6.45) is -19.8. The van der Waals surface area contributed by atoms with Crippen LogP contribution in [0.5, 0.6) is 0 Å². The molecule has 0 saturated carbocycles. The molecular weight excluding hydrogens is 696 g/mol. The second-order valence-corrected chi connectivity index (χ2v) is 9.91. The molecule has 1 aliphatic rings. The monoisotopic (exact) mass is 712 g/mol. The average Bonchev–Trinajstić information content (AvgIpc) is 2.85. The summed E-state index contributed by atoms with van der Waals surface area (Å²) in [7, 11) is 0. The van der Waals surface area contributed by atoms with Crippen LogP contribution in [0.2, 0.25) is 0 Å². The number of rotatable bonds is 7. The molecule has 2 aromatic rings. The van der Waals surface area contributed by atoms with E-state index in [4.69, 9.17) is 5.73 Å². The van der Waals surface area contributed by atoms with Gasteiger partial charge in [-0.25, -0.2) is 8.78 Å². The van der Waals surface area contributed by atoms with E-state index in [0.29, 0.717) is 6.08 Å². The lowest BCUT2D eigenvalue weighted by Gasteiger charge is -2.40. The van der Waals surface area contributed by atoms with E-state index in [9.17, 15) is 53.5 Å². The number of primary amides is 1. The highest BCUT2D eigenvalue weighted by Gasteiger charge is 2.74. The Morgan fingerprint density at radius 3 is 1.98 bits per heavy atom. The standard InChI is InChI=1S/C25H16F11IN2O2/c26-19-14(20(38)41)7-4-8-21(19,39-11-17(40)12-5-2-1-3-6-12)18-15(23(28,29)30)9-13(10-16(18)37)22(27,24(31,32)33)25(34,35)36/h1-10,19,39H,11H2,(H2,38,41). The number of carbonyl (C=O) groups excluding carboxylic acids is 2. The lowest BCUT2D eigenvalue weighted by molar-refractivity contribution is -0.348. The van der Waals surface area contributed by atoms with Gasteiger partial charge in [-0.05, 0) is 34.7 Å². The van der Waals surface area contributed by atoms with Crippen LogP contribution in [-0.2, 0) is 22.2 Å². The molecule has 2 atom stereocenters. The van der Waals surface area contributed by atoms with Crippen molar-refractivity contribution in [3.63, 3.8) is 0 Å². The molecule has 1 amide bonds. The van der Waals surface area contributed by atoms with Gasteiger partial charge in [0, 0.05) is 20.3 Å². The number of carbonyl (C=O) groups is 2. The summed E-state index contributed by atoms with van der Waals surface area (Å²) in [4.78, 5) is 24.6. The predicted octanol–water partition coefficient (Wildman–Crippen LogP) is 6.59. The summed E-state index contributed by atoms with van der Waals surface area (Å²) in [6.45, 7) is -0.923. The summed E-state index contributed by atoms with van der Waals surface area (Å²) in [5.74, 6) is -2.27. The second-order valence-electron chi connectivity index (χ2n) is 8.75. The Labute approximate surface area is 237 Å². The molecule has 3 N–H and O–H groups in total. The van der Waals surface area contributed by atoms with Crippen molar-refractivity contribution in [3.05, 3.63) is 92.1 Å². The van der Waals surface area contributed by atoms with E-state index in [1.807, 2.05) is 0 Å². The Balaban J connectivity index is 2.35. The van der Waals surface area contributed by atoms with Crippen LogP contribution in [0.4, 0.5) is 48.3 Å². The van der Waals surface area contributed by atoms with Crippen LogP contribution in [0.25, 0.3) is 0 Å². The van der Waals surface area contributed by atoms with E-state index in [2.05, 4.69) is 5.32 Å². The quantitative estimate of drug-likeness (QED) is 0.194. The van der Waals surface area contributed by atoms with Crippen molar-refractivity contribution in [2.75, 3.05) is 6.54 Å². The van der Waals surface area contributed by atoms with Crippen molar-refractivity contribution >= 4 is 34.3 Å². The molecule has 0 fully saturated rings. The summed E-state index contributed by atoms with van der Waals surface area (Å²) in [5, 5.41) is 2.25. The van der Waals surface area contributed by atoms with Crippen molar-refractivity contribution in [2.45, 2.75) is 35.9 Å². The van der Waals surface area contributed by atoms with Gasteiger partial charge >= 0.3 is 24.2 Å². The minimum atomic E-state index is -6.74. The lowest BCUT2D eigenvalue weighted by Crippen LogP contribution is -2.55. The van der Waals surface area contributed by atoms with Gasteiger partial charge in [-0.3, -0.25) is 14.9 Å². The molecule has 1 aliphatic carbocycles. The Morgan fingerprint density at radius 2 is 1.49 bits per heavy atom. The van der Waals surface area contributed by atoms with Crippen molar-refractivity contribution in [3.8, 4) is 0 Å². The number of ketones is 1. The maximum Gasteiger partial charge on any atom is 0.435 e. The first-order chi connectivity index (χ1) is 18.7. The first-order valence-corrected chi connectivity index (χ1v) is 12.2. The Bertz CT molecular complexity index is 1390. The van der Waals surface area contributed by atoms with Crippen molar-refractivity contribution in [1.82, 2.24) is 5.32 Å². The fourth-order valence-electron chi connectivity index (χ4n) is 4.26. The van der Waals surface area contributed by atoms with Crippen LogP contribution in [-0.4, -0.2) is 36.8 Å². The van der Waals surface area contributed by atoms with Crippen LogP contribution in [0, 0.1) is 3.57 Å². The first-order valence-electron chi connectivity index (χ1n) is 11.1. The third-order valence-corrected chi connectivity index (χ3v) is 7.07. The molecule has 41 heavy (non-hydrogen) atoms. The average molecular weight is 712 g/mol. The van der Waals surface area contributed by atoms with Crippen molar-refractivity contribution in [1.29, 1.82) is 0 Å². The zero-order valence-electron chi connectivity index (χ0n) is 20.0. The summed E-state index contributed by atoms with van der Waals surface area (Å²) < 4.78 is 153. The van der Waals surface area contributed by atoms with Gasteiger partial charge in [0.05, 0.1) is 17.7 Å². The Morgan fingerprint density at radius 1 is 0.927 bits per heavy atom. The van der Waals surface area contributed by atoms with E-state index in [0.717, 1.165) is 34.7 Å². The lowest BCUT2D eigenvalue weighted by atomic mass is 9.75. The van der Waals surface area contributed by atoms with Crippen molar-refractivity contribution in [2.24, 2.45) is 5.73 Å². The summed E-state index contributed by atoms with van der Waals surface area (Å²) in [5.41, 5.74) is -11.0. The fraction of sp³-hybridized carbons (Fsp3) is 0.280. The third-order valence-electron chi connectivity index (χ3n) is 6.22. The number of hydrogen-bond acceptors (Lipinski definition) is 3. The minimum Gasteiger partial charge on any atom is -0.366 e. The number of Topliss-reactive ketones (excluding diaryl/α,β-unsaturated/α-hetero) is 1. The van der Waals surface area contributed by atoms with Crippen LogP contribution in [0.15, 0.2) is 66.3 Å². The number of halogens is 12. The van der Waals surface area contributed by atoms with Gasteiger partial charge in [0.1, 0.15) is 5.54 Å². The molecule has 16 heteroatoms. The number of nitrogens with two attached hydrogens (primary N) is 1. The first kappa shape index (κ1) is 32.5. The minimum absolute atomic E-state index is 0.00895. The molecule has 2 unspecified atom stereocenters. The van der Waals surface area contributed by atoms with Gasteiger partial charge in [-0.15, -0.1) is 0 Å². The van der Waals surface area contributed by atoms with E-state index >= 15 is 4.39 Å². The molecule has 0 aliphatic heterocycles. The van der Waals surface area contributed by atoms with Crippen LogP contribution in [0.1, 0.15) is 27.0 Å². The second kappa shape index (κ2) is 11.0. The largest absolute Gasteiger partial charge is 0.435 e. The zero-order chi connectivity index (χ0) is 31.2. The Kier molecular flexibility index (Phi) is 8.72. The number of hydrogen-bond donors (Lipinski definition) is 2. The highest BCUT2D eigenvalue weighted by atomic mass is 127. The molecular formula is C25H16F11IN2O2. The topological polar surface area (TPSA) is 72.2 Å².